The van der Waals surface area contributed by atoms with Gasteiger partial charge in [0, 0.05) is 0 Å². The largest absolute Gasteiger partial charge is 0.465 e. The van der Waals surface area contributed by atoms with Crippen molar-refractivity contribution in [1.82, 2.24) is 0 Å². The van der Waals surface area contributed by atoms with Gasteiger partial charge < -0.3 is 14.2 Å². The summed E-state index contributed by atoms with van der Waals surface area (Å²) in [6.07, 6.45) is 4.61. The van der Waals surface area contributed by atoms with E-state index in [1.54, 1.807) is 0 Å². The zero-order valence-corrected chi connectivity index (χ0v) is 10.3. The van der Waals surface area contributed by atoms with E-state index < -0.39 is 0 Å². The SMILES string of the molecule is CCC1(COC(=O)C2CCC3OC3C2)COC1. The summed E-state index contributed by atoms with van der Waals surface area (Å²) >= 11 is 0. The van der Waals surface area contributed by atoms with Gasteiger partial charge in [-0.3, -0.25) is 4.79 Å². The van der Waals surface area contributed by atoms with Crippen molar-refractivity contribution in [2.75, 3.05) is 19.8 Å². The molecule has 3 unspecified atom stereocenters. The molecule has 0 amide bonds. The third-order valence-corrected chi connectivity index (χ3v) is 4.42. The van der Waals surface area contributed by atoms with Crippen LogP contribution in [0, 0.1) is 11.3 Å². The monoisotopic (exact) mass is 240 g/mol. The van der Waals surface area contributed by atoms with Gasteiger partial charge in [0.05, 0.1) is 36.8 Å². The van der Waals surface area contributed by atoms with Crippen LogP contribution in [-0.2, 0) is 19.0 Å². The van der Waals surface area contributed by atoms with E-state index in [1.807, 2.05) is 0 Å². The molecule has 0 aromatic carbocycles. The number of hydrogen-bond donors (Lipinski definition) is 0. The first-order chi connectivity index (χ1) is 8.22. The molecule has 3 rings (SSSR count). The van der Waals surface area contributed by atoms with E-state index in [-0.39, 0.29) is 17.3 Å². The first-order valence-electron chi connectivity index (χ1n) is 6.62. The fraction of sp³-hybridized carbons (Fsp3) is 0.923. The highest BCUT2D eigenvalue weighted by molar-refractivity contribution is 5.72. The number of carbonyl (C=O) groups excluding carboxylic acids is 1. The number of epoxide rings is 1. The summed E-state index contributed by atoms with van der Waals surface area (Å²) in [7, 11) is 0. The fourth-order valence-corrected chi connectivity index (χ4v) is 2.74. The molecule has 0 radical (unpaired) electrons. The Morgan fingerprint density at radius 3 is 2.76 bits per heavy atom. The lowest BCUT2D eigenvalue weighted by Gasteiger charge is -2.40. The number of rotatable bonds is 4. The number of esters is 1. The molecule has 3 atom stereocenters. The van der Waals surface area contributed by atoms with E-state index in [9.17, 15) is 4.79 Å². The Balaban J connectivity index is 1.46. The molecule has 96 valence electrons. The molecule has 0 bridgehead atoms. The Morgan fingerprint density at radius 1 is 1.35 bits per heavy atom. The van der Waals surface area contributed by atoms with E-state index >= 15 is 0 Å². The second kappa shape index (κ2) is 4.25. The van der Waals surface area contributed by atoms with Gasteiger partial charge in [0.25, 0.3) is 0 Å². The summed E-state index contributed by atoms with van der Waals surface area (Å²) in [4.78, 5) is 11.9. The lowest BCUT2D eigenvalue weighted by atomic mass is 9.84. The van der Waals surface area contributed by atoms with Crippen LogP contribution in [0.5, 0.6) is 0 Å². The zero-order valence-electron chi connectivity index (χ0n) is 10.3. The van der Waals surface area contributed by atoms with E-state index in [0.717, 1.165) is 38.9 Å². The van der Waals surface area contributed by atoms with Gasteiger partial charge in [-0.25, -0.2) is 0 Å². The van der Waals surface area contributed by atoms with Gasteiger partial charge >= 0.3 is 5.97 Å². The van der Waals surface area contributed by atoms with Crippen LogP contribution in [0.15, 0.2) is 0 Å². The summed E-state index contributed by atoms with van der Waals surface area (Å²) in [6, 6.07) is 0. The molecule has 17 heavy (non-hydrogen) atoms. The van der Waals surface area contributed by atoms with Crippen molar-refractivity contribution in [1.29, 1.82) is 0 Å². The number of ether oxygens (including phenoxy) is 3. The van der Waals surface area contributed by atoms with Crippen LogP contribution in [0.3, 0.4) is 0 Å². The molecule has 0 aromatic heterocycles. The average molecular weight is 240 g/mol. The first kappa shape index (κ1) is 11.5. The maximum absolute atomic E-state index is 11.9. The molecular formula is C13H20O4. The van der Waals surface area contributed by atoms with Crippen LogP contribution >= 0.6 is 0 Å². The molecule has 4 heteroatoms. The van der Waals surface area contributed by atoms with E-state index in [1.165, 1.54) is 0 Å². The number of fused-ring (bicyclic) bond motifs is 1. The van der Waals surface area contributed by atoms with Gasteiger partial charge in [-0.15, -0.1) is 0 Å². The molecule has 1 saturated carbocycles. The minimum Gasteiger partial charge on any atom is -0.465 e. The molecule has 0 N–H and O–H groups in total. The molecule has 2 heterocycles. The standard InChI is InChI=1S/C13H20O4/c1-2-13(6-15-7-13)8-16-12(14)9-3-4-10-11(5-9)17-10/h9-11H,2-8H2,1H3. The summed E-state index contributed by atoms with van der Waals surface area (Å²) in [5.41, 5.74) is 0.100. The molecule has 2 aliphatic heterocycles. The van der Waals surface area contributed by atoms with Gasteiger partial charge in [-0.05, 0) is 25.7 Å². The Bertz CT molecular complexity index is 305. The average Bonchev–Trinajstić information content (AvgIpc) is 3.05. The van der Waals surface area contributed by atoms with Gasteiger partial charge in [0.15, 0.2) is 0 Å². The minimum absolute atomic E-state index is 0.0290. The Morgan fingerprint density at radius 2 is 2.18 bits per heavy atom. The van der Waals surface area contributed by atoms with Crippen molar-refractivity contribution >= 4 is 5.97 Å². The van der Waals surface area contributed by atoms with Crippen LogP contribution in [0.1, 0.15) is 32.6 Å². The third-order valence-electron chi connectivity index (χ3n) is 4.42. The number of hydrogen-bond acceptors (Lipinski definition) is 4. The zero-order chi connectivity index (χ0) is 11.9. The highest BCUT2D eigenvalue weighted by Gasteiger charge is 2.46. The fourth-order valence-electron chi connectivity index (χ4n) is 2.74. The summed E-state index contributed by atoms with van der Waals surface area (Å²) in [5, 5.41) is 0. The summed E-state index contributed by atoms with van der Waals surface area (Å²) in [5.74, 6) is 0.0346. The highest BCUT2D eigenvalue weighted by atomic mass is 16.6. The van der Waals surface area contributed by atoms with Crippen molar-refractivity contribution in [3.63, 3.8) is 0 Å². The van der Waals surface area contributed by atoms with Gasteiger partial charge in [0.1, 0.15) is 6.61 Å². The molecular weight excluding hydrogens is 220 g/mol. The molecule has 3 aliphatic rings. The van der Waals surface area contributed by atoms with Gasteiger partial charge in [0.2, 0.25) is 0 Å². The Kier molecular flexibility index (Phi) is 2.87. The van der Waals surface area contributed by atoms with Gasteiger partial charge in [-0.2, -0.15) is 0 Å². The molecule has 2 saturated heterocycles. The second-order valence-electron chi connectivity index (χ2n) is 5.68. The van der Waals surface area contributed by atoms with E-state index in [2.05, 4.69) is 6.92 Å². The van der Waals surface area contributed by atoms with Crippen molar-refractivity contribution < 1.29 is 19.0 Å². The van der Waals surface area contributed by atoms with Crippen molar-refractivity contribution in [2.45, 2.75) is 44.8 Å². The highest BCUT2D eigenvalue weighted by Crippen LogP contribution is 2.40. The molecule has 4 nitrogen and oxygen atoms in total. The molecule has 0 spiro atoms. The smallest absolute Gasteiger partial charge is 0.309 e. The van der Waals surface area contributed by atoms with Crippen LogP contribution in [0.2, 0.25) is 0 Å². The second-order valence-corrected chi connectivity index (χ2v) is 5.68. The lowest BCUT2D eigenvalue weighted by molar-refractivity contribution is -0.174. The maximum atomic E-state index is 11.9. The Hall–Kier alpha value is -0.610. The molecule has 3 fully saturated rings. The van der Waals surface area contributed by atoms with Crippen LogP contribution in [0.25, 0.3) is 0 Å². The minimum atomic E-state index is -0.0290. The number of carbonyl (C=O) groups is 1. The lowest BCUT2D eigenvalue weighted by Crippen LogP contribution is -2.46. The topological polar surface area (TPSA) is 48.1 Å². The third kappa shape index (κ3) is 2.20. The normalized spacial score (nSPS) is 37.8. The van der Waals surface area contributed by atoms with Crippen molar-refractivity contribution in [3.8, 4) is 0 Å². The molecule has 0 aromatic rings. The van der Waals surface area contributed by atoms with Gasteiger partial charge in [-0.1, -0.05) is 6.92 Å². The first-order valence-corrected chi connectivity index (χ1v) is 6.62. The van der Waals surface area contributed by atoms with Crippen LogP contribution in [-0.4, -0.2) is 38.0 Å². The predicted molar refractivity (Wildman–Crippen MR) is 60.5 cm³/mol. The van der Waals surface area contributed by atoms with E-state index in [0.29, 0.717) is 18.8 Å². The summed E-state index contributed by atoms with van der Waals surface area (Å²) < 4.78 is 16.1. The molecule has 1 aliphatic carbocycles. The van der Waals surface area contributed by atoms with Crippen LogP contribution in [0.4, 0.5) is 0 Å². The quantitative estimate of drug-likeness (QED) is 0.552. The predicted octanol–water partition coefficient (Wildman–Crippen LogP) is 1.52. The van der Waals surface area contributed by atoms with Crippen molar-refractivity contribution in [2.24, 2.45) is 11.3 Å². The van der Waals surface area contributed by atoms with Crippen molar-refractivity contribution in [3.05, 3.63) is 0 Å². The summed E-state index contributed by atoms with van der Waals surface area (Å²) in [6.45, 7) is 4.11. The van der Waals surface area contributed by atoms with E-state index in [4.69, 9.17) is 14.2 Å². The van der Waals surface area contributed by atoms with Crippen LogP contribution < -0.4 is 0 Å². The Labute approximate surface area is 102 Å². The maximum Gasteiger partial charge on any atom is 0.309 e.